The minimum atomic E-state index is -5.28. The average molecular weight is 535 g/mol. The maximum Gasteiger partial charge on any atom is 0.450 e. The zero-order valence-electron chi connectivity index (χ0n) is 17.4. The molecule has 3 N–H and O–H groups in total. The Morgan fingerprint density at radius 2 is 1.74 bits per heavy atom. The van der Waals surface area contributed by atoms with Crippen LogP contribution < -0.4 is 5.32 Å². The van der Waals surface area contributed by atoms with Gasteiger partial charge in [0, 0.05) is 17.5 Å². The number of thiazole rings is 1. The molecule has 0 aliphatic carbocycles. The van der Waals surface area contributed by atoms with Crippen molar-refractivity contribution in [3.8, 4) is 0 Å². The topological polar surface area (TPSA) is 82.5 Å². The molecule has 0 unspecified atom stereocenters. The number of carbonyl (C=O) groups is 1. The molecule has 1 amide bonds. The van der Waals surface area contributed by atoms with Gasteiger partial charge in [0.05, 0.1) is 16.0 Å². The maximum atomic E-state index is 12.8. The predicted molar refractivity (Wildman–Crippen MR) is 119 cm³/mol. The lowest BCUT2D eigenvalue weighted by Crippen LogP contribution is -2.41. The van der Waals surface area contributed by atoms with E-state index in [9.17, 15) is 41.4 Å². The Morgan fingerprint density at radius 1 is 1.06 bits per heavy atom. The Morgan fingerprint density at radius 3 is 2.37 bits per heavy atom. The first-order valence-corrected chi connectivity index (χ1v) is 11.4. The van der Waals surface area contributed by atoms with Gasteiger partial charge in [-0.3, -0.25) is 4.79 Å². The van der Waals surface area contributed by atoms with Crippen molar-refractivity contribution in [1.82, 2.24) is 4.98 Å². The van der Waals surface area contributed by atoms with E-state index < -0.39 is 34.6 Å². The van der Waals surface area contributed by atoms with Crippen molar-refractivity contribution in [2.24, 2.45) is 0 Å². The van der Waals surface area contributed by atoms with Gasteiger partial charge in [0.1, 0.15) is 0 Å². The molecule has 1 heterocycles. The second-order valence-corrected chi connectivity index (χ2v) is 9.39. The molecule has 3 aromatic rings. The van der Waals surface area contributed by atoms with Gasteiger partial charge in [0.15, 0.2) is 5.01 Å². The molecule has 2 aromatic carbocycles. The number of thioether (sulfide) groups is 1. The number of rotatable bonds is 7. The minimum absolute atomic E-state index is 0.212. The van der Waals surface area contributed by atoms with Crippen molar-refractivity contribution in [2.45, 2.75) is 28.1 Å². The molecule has 0 saturated heterocycles. The number of nitrogens with one attached hydrogen (secondary N) is 1. The molecule has 0 aliphatic heterocycles. The number of hydrogen-bond acceptors (Lipinski definition) is 6. The van der Waals surface area contributed by atoms with E-state index >= 15 is 0 Å². The lowest BCUT2D eigenvalue weighted by molar-refractivity contribution is -0.358. The van der Waals surface area contributed by atoms with Crippen molar-refractivity contribution in [2.75, 3.05) is 5.32 Å². The smallest absolute Gasteiger partial charge is 0.353 e. The van der Waals surface area contributed by atoms with E-state index in [1.807, 2.05) is 0 Å². The van der Waals surface area contributed by atoms with Crippen molar-refractivity contribution in [3.63, 3.8) is 0 Å². The summed E-state index contributed by atoms with van der Waals surface area (Å²) in [5.74, 6) is -4.24. The number of carbonyl (C=O) groups excluding carboxylic acids is 1. The Bertz CT molecular complexity index is 1200. The number of aliphatic hydroxyl groups is 2. The van der Waals surface area contributed by atoms with Gasteiger partial charge in [0.25, 0.3) is 0 Å². The summed E-state index contributed by atoms with van der Waals surface area (Å²) in [7, 11) is 0. The van der Waals surface area contributed by atoms with Crippen LogP contribution in [0, 0.1) is 0 Å². The van der Waals surface area contributed by atoms with Gasteiger partial charge in [-0.2, -0.15) is 26.3 Å². The highest BCUT2D eigenvalue weighted by Crippen LogP contribution is 2.40. The number of nitrogens with zero attached hydrogens (tertiary/aromatic N) is 1. The normalized spacial score (nSPS) is 12.8. The van der Waals surface area contributed by atoms with Gasteiger partial charge < -0.3 is 15.5 Å². The lowest BCUT2D eigenvalue weighted by Gasteiger charge is -2.21. The van der Waals surface area contributed by atoms with Crippen LogP contribution in [0.2, 0.25) is 0 Å². The van der Waals surface area contributed by atoms with Crippen molar-refractivity contribution in [3.05, 3.63) is 82.5 Å². The van der Waals surface area contributed by atoms with E-state index in [0.29, 0.717) is 27.0 Å². The number of halogens is 6. The molecule has 0 bridgehead atoms. The van der Waals surface area contributed by atoms with E-state index in [1.54, 1.807) is 24.3 Å². The van der Waals surface area contributed by atoms with Gasteiger partial charge in [-0.25, -0.2) is 4.98 Å². The first-order valence-electron chi connectivity index (χ1n) is 9.61. The summed E-state index contributed by atoms with van der Waals surface area (Å²) >= 11 is 1.65. The third-order valence-electron chi connectivity index (χ3n) is 4.42. The van der Waals surface area contributed by atoms with Gasteiger partial charge in [-0.05, 0) is 41.5 Å². The fraction of sp³-hybridized carbons (Fsp3) is 0.182. The number of alkyl halides is 6. The molecule has 13 heteroatoms. The number of aromatic nitrogens is 1. The third-order valence-corrected chi connectivity index (χ3v) is 6.78. The highest BCUT2D eigenvalue weighted by molar-refractivity contribution is 8.00. The molecule has 0 atom stereocenters. The molecule has 0 aliphatic rings. The summed E-state index contributed by atoms with van der Waals surface area (Å²) in [5.41, 5.74) is 0.574. The van der Waals surface area contributed by atoms with Crippen molar-refractivity contribution >= 4 is 40.8 Å². The van der Waals surface area contributed by atoms with E-state index in [-0.39, 0.29) is 5.56 Å². The summed E-state index contributed by atoms with van der Waals surface area (Å²) in [4.78, 5) is 15.5. The van der Waals surface area contributed by atoms with Gasteiger partial charge in [-0.15, -0.1) is 23.1 Å². The second kappa shape index (κ2) is 10.4. The summed E-state index contributed by atoms with van der Waals surface area (Å²) in [6.07, 6.45) is -6.30. The highest BCUT2D eigenvalue weighted by atomic mass is 32.2. The number of amides is 1. The Hall–Kier alpha value is -2.87. The van der Waals surface area contributed by atoms with Crippen LogP contribution in [-0.4, -0.2) is 27.3 Å². The van der Waals surface area contributed by atoms with Crippen LogP contribution in [0.4, 0.5) is 32.0 Å². The first-order chi connectivity index (χ1) is 16.3. The van der Waals surface area contributed by atoms with Crippen LogP contribution in [0.25, 0.3) is 6.08 Å². The fourth-order valence-corrected chi connectivity index (χ4v) is 4.56. The highest BCUT2D eigenvalue weighted by Gasteiger charge is 2.56. The second-order valence-electron chi connectivity index (χ2n) is 7.09. The molecule has 0 fully saturated rings. The van der Waals surface area contributed by atoms with E-state index in [2.05, 4.69) is 10.3 Å². The quantitative estimate of drug-likeness (QED) is 0.154. The number of anilines is 1. The fourth-order valence-electron chi connectivity index (χ4n) is 2.62. The van der Waals surface area contributed by atoms with Gasteiger partial charge in [-0.1, -0.05) is 24.3 Å². The summed E-state index contributed by atoms with van der Waals surface area (Å²) in [5, 5.41) is 20.2. The summed E-state index contributed by atoms with van der Waals surface area (Å²) in [6, 6.07) is 11.0. The minimum Gasteiger partial charge on any atom is -0.353 e. The molecule has 3 rings (SSSR count). The molecule has 186 valence electrons. The molecule has 0 radical (unpaired) electrons. The molecule has 5 nitrogen and oxygen atoms in total. The third kappa shape index (κ3) is 7.07. The van der Waals surface area contributed by atoms with Crippen LogP contribution in [-0.2, 0) is 22.5 Å². The molecule has 0 saturated carbocycles. The molecule has 35 heavy (non-hydrogen) atoms. The average Bonchev–Trinajstić information content (AvgIpc) is 3.26. The summed E-state index contributed by atoms with van der Waals surface area (Å²) < 4.78 is 76.7. The Kier molecular flexibility index (Phi) is 7.94. The van der Waals surface area contributed by atoms with Gasteiger partial charge in [0.2, 0.25) is 5.91 Å². The molecule has 0 spiro atoms. The van der Waals surface area contributed by atoms with E-state index in [1.165, 1.54) is 18.2 Å². The molecular formula is C22H16F6N2O3S2. The Labute approximate surface area is 203 Å². The molecule has 1 aromatic heterocycles. The molecular weight excluding hydrogens is 518 g/mol. The first kappa shape index (κ1) is 26.7. The van der Waals surface area contributed by atoms with Crippen LogP contribution in [0.15, 0.2) is 65.0 Å². The zero-order valence-corrected chi connectivity index (χ0v) is 19.0. The maximum absolute atomic E-state index is 12.8. The SMILES string of the molecule is O=C(/C=C/c1cccc(C(F)(F)F)c1)Nc1ccc(CSc2cnc(C(O)(O)C(F)(F)F)s2)cc1. The Balaban J connectivity index is 1.54. The summed E-state index contributed by atoms with van der Waals surface area (Å²) in [6.45, 7) is 0. The predicted octanol–water partition coefficient (Wildman–Crippen LogP) is 5.81. The number of hydrogen-bond donors (Lipinski definition) is 3. The largest absolute Gasteiger partial charge is 0.450 e. The standard InChI is InChI=1S/C22H16F6N2O3S2/c23-21(24,25)15-3-1-2-13(10-15)6-9-17(31)30-16-7-4-14(5-8-16)12-34-18-11-29-19(35-18)20(32,33)22(26,27)28/h1-11,32-33H,12H2,(H,30,31)/b9-6+. The van der Waals surface area contributed by atoms with Crippen LogP contribution in [0.3, 0.4) is 0 Å². The lowest BCUT2D eigenvalue weighted by atomic mass is 10.1. The van der Waals surface area contributed by atoms with E-state index in [0.717, 1.165) is 41.7 Å². The van der Waals surface area contributed by atoms with Crippen molar-refractivity contribution in [1.29, 1.82) is 0 Å². The monoisotopic (exact) mass is 534 g/mol. The van der Waals surface area contributed by atoms with E-state index in [4.69, 9.17) is 0 Å². The van der Waals surface area contributed by atoms with Gasteiger partial charge >= 0.3 is 18.1 Å². The van der Waals surface area contributed by atoms with Crippen LogP contribution in [0.1, 0.15) is 21.7 Å². The van der Waals surface area contributed by atoms with Crippen LogP contribution >= 0.6 is 23.1 Å². The zero-order chi connectivity index (χ0) is 25.9. The van der Waals surface area contributed by atoms with Crippen molar-refractivity contribution < 1.29 is 41.4 Å². The van der Waals surface area contributed by atoms with Crippen LogP contribution in [0.5, 0.6) is 0 Å². The number of benzene rings is 2.